The van der Waals surface area contributed by atoms with Crippen molar-refractivity contribution in [3.05, 3.63) is 40.5 Å². The Bertz CT molecular complexity index is 956. The van der Waals surface area contributed by atoms with Crippen LogP contribution in [0.25, 0.3) is 0 Å². The molecular weight excluding hydrogens is 410 g/mol. The lowest BCUT2D eigenvalue weighted by atomic mass is 10.2. The van der Waals surface area contributed by atoms with E-state index < -0.39 is 22.1 Å². The summed E-state index contributed by atoms with van der Waals surface area (Å²) in [6.07, 6.45) is 0.726. The minimum atomic E-state index is -3.92. The van der Waals surface area contributed by atoms with Gasteiger partial charge in [-0.05, 0) is 44.9 Å². The molecule has 1 fully saturated rings. The molecule has 152 valence electrons. The molecule has 1 aliphatic rings. The van der Waals surface area contributed by atoms with Crippen LogP contribution >= 0.6 is 11.6 Å². The predicted octanol–water partition coefficient (Wildman–Crippen LogP) is 2.41. The lowest BCUT2D eigenvalue weighted by molar-refractivity contribution is 0.0265. The number of nitrogens with zero attached hydrogens (tertiary/aromatic N) is 2. The Morgan fingerprint density at radius 3 is 2.89 bits per heavy atom. The van der Waals surface area contributed by atoms with Crippen LogP contribution in [0.4, 0.5) is 0 Å². The summed E-state index contributed by atoms with van der Waals surface area (Å²) >= 11 is 6.05. The normalized spacial score (nSPS) is 18.2. The third-order valence-corrected chi connectivity index (χ3v) is 6.06. The quantitative estimate of drug-likeness (QED) is 0.666. The molecule has 2 aromatic rings. The molecule has 2 unspecified atom stereocenters. The molecule has 1 saturated heterocycles. The molecular formula is C17H20ClN3O6S. The van der Waals surface area contributed by atoms with Crippen molar-refractivity contribution < 1.29 is 27.2 Å². The highest BCUT2D eigenvalue weighted by Crippen LogP contribution is 2.25. The second-order valence-electron chi connectivity index (χ2n) is 6.36. The molecule has 0 radical (unpaired) electrons. The number of rotatable bonds is 7. The van der Waals surface area contributed by atoms with E-state index in [4.69, 9.17) is 25.6 Å². The van der Waals surface area contributed by atoms with E-state index in [0.717, 1.165) is 12.8 Å². The van der Waals surface area contributed by atoms with Crippen molar-refractivity contribution in [2.45, 2.75) is 43.8 Å². The van der Waals surface area contributed by atoms with Gasteiger partial charge in [-0.3, -0.25) is 0 Å². The first-order chi connectivity index (χ1) is 13.3. The van der Waals surface area contributed by atoms with Gasteiger partial charge >= 0.3 is 5.97 Å². The number of aryl methyl sites for hydroxylation is 1. The Labute approximate surface area is 167 Å². The molecule has 1 aromatic heterocycles. The van der Waals surface area contributed by atoms with Crippen LogP contribution in [0.15, 0.2) is 27.6 Å². The molecule has 2 heterocycles. The summed E-state index contributed by atoms with van der Waals surface area (Å²) in [6.45, 7) is 3.97. The number of halogens is 1. The van der Waals surface area contributed by atoms with Crippen LogP contribution in [-0.2, 0) is 19.5 Å². The fourth-order valence-corrected chi connectivity index (χ4v) is 4.27. The highest BCUT2D eigenvalue weighted by atomic mass is 35.5. The van der Waals surface area contributed by atoms with Crippen molar-refractivity contribution in [2.75, 3.05) is 13.2 Å². The lowest BCUT2D eigenvalue weighted by Gasteiger charge is -2.14. The molecule has 0 aliphatic carbocycles. The summed E-state index contributed by atoms with van der Waals surface area (Å²) in [7, 11) is -3.92. The van der Waals surface area contributed by atoms with Crippen LogP contribution < -0.4 is 4.72 Å². The maximum absolute atomic E-state index is 12.6. The Morgan fingerprint density at radius 2 is 2.25 bits per heavy atom. The summed E-state index contributed by atoms with van der Waals surface area (Å²) in [5, 5.41) is 3.63. The molecule has 3 rings (SSSR count). The number of benzene rings is 1. The summed E-state index contributed by atoms with van der Waals surface area (Å²) in [4.78, 5) is 16.2. The van der Waals surface area contributed by atoms with Gasteiger partial charge in [0.25, 0.3) is 5.89 Å². The summed E-state index contributed by atoms with van der Waals surface area (Å²) in [5.41, 5.74) is 0.0324. The standard InChI is InChI=1S/C17H20ClN3O6S/c1-10(16-20-11(2)21-27-16)26-17(22)12-5-6-14(18)15(8-12)28(23,24)19-9-13-4-3-7-25-13/h5-6,8,10,13,19H,3-4,7,9H2,1-2H3. The van der Waals surface area contributed by atoms with E-state index in [-0.39, 0.29) is 34.0 Å². The first-order valence-electron chi connectivity index (χ1n) is 8.68. The Balaban J connectivity index is 1.73. The second kappa shape index (κ2) is 8.56. The number of hydrogen-bond donors (Lipinski definition) is 1. The first kappa shape index (κ1) is 20.7. The van der Waals surface area contributed by atoms with Crippen molar-refractivity contribution in [3.8, 4) is 0 Å². The molecule has 0 saturated carbocycles. The average molecular weight is 430 g/mol. The van der Waals surface area contributed by atoms with Crippen molar-refractivity contribution in [1.82, 2.24) is 14.9 Å². The zero-order valence-electron chi connectivity index (χ0n) is 15.3. The minimum Gasteiger partial charge on any atom is -0.449 e. The third kappa shape index (κ3) is 4.88. The maximum atomic E-state index is 12.6. The predicted molar refractivity (Wildman–Crippen MR) is 98.5 cm³/mol. The Hall–Kier alpha value is -2.01. The van der Waals surface area contributed by atoms with Crippen molar-refractivity contribution in [2.24, 2.45) is 0 Å². The number of aromatic nitrogens is 2. The fourth-order valence-electron chi connectivity index (χ4n) is 2.68. The smallest absolute Gasteiger partial charge is 0.338 e. The largest absolute Gasteiger partial charge is 0.449 e. The van der Waals surface area contributed by atoms with Crippen molar-refractivity contribution in [1.29, 1.82) is 0 Å². The van der Waals surface area contributed by atoms with Gasteiger partial charge in [-0.25, -0.2) is 17.9 Å². The highest BCUT2D eigenvalue weighted by Gasteiger charge is 2.25. The van der Waals surface area contributed by atoms with Gasteiger partial charge in [-0.15, -0.1) is 0 Å². The highest BCUT2D eigenvalue weighted by molar-refractivity contribution is 7.89. The van der Waals surface area contributed by atoms with Crippen molar-refractivity contribution in [3.63, 3.8) is 0 Å². The van der Waals surface area contributed by atoms with E-state index in [9.17, 15) is 13.2 Å². The Kier molecular flexibility index (Phi) is 6.33. The van der Waals surface area contributed by atoms with E-state index in [1.165, 1.54) is 18.2 Å². The van der Waals surface area contributed by atoms with Gasteiger partial charge in [-0.2, -0.15) is 4.98 Å². The average Bonchev–Trinajstić information content (AvgIpc) is 3.31. The van der Waals surface area contributed by atoms with Gasteiger partial charge in [0, 0.05) is 13.2 Å². The molecule has 2 atom stereocenters. The molecule has 11 heteroatoms. The monoisotopic (exact) mass is 429 g/mol. The van der Waals surface area contributed by atoms with E-state index in [1.807, 2.05) is 0 Å². The molecule has 9 nitrogen and oxygen atoms in total. The van der Waals surface area contributed by atoms with Gasteiger partial charge < -0.3 is 14.0 Å². The second-order valence-corrected chi connectivity index (χ2v) is 8.50. The van der Waals surface area contributed by atoms with Crippen LogP contribution in [0.3, 0.4) is 0 Å². The van der Waals surface area contributed by atoms with Crippen LogP contribution in [0, 0.1) is 6.92 Å². The summed E-state index contributed by atoms with van der Waals surface area (Å²) < 4.78 is 43.3. The van der Waals surface area contributed by atoms with E-state index >= 15 is 0 Å². The first-order valence-corrected chi connectivity index (χ1v) is 10.5. The molecule has 0 amide bonds. The molecule has 0 bridgehead atoms. The summed E-state index contributed by atoms with van der Waals surface area (Å²) in [6, 6.07) is 3.89. The third-order valence-electron chi connectivity index (χ3n) is 4.16. The lowest BCUT2D eigenvalue weighted by Crippen LogP contribution is -2.32. The van der Waals surface area contributed by atoms with Crippen LogP contribution in [-0.4, -0.2) is 43.8 Å². The summed E-state index contributed by atoms with van der Waals surface area (Å²) in [5.74, 6) is -0.184. The number of carbonyl (C=O) groups is 1. The number of nitrogens with one attached hydrogen (secondary N) is 1. The molecule has 1 aromatic carbocycles. The maximum Gasteiger partial charge on any atom is 0.338 e. The van der Waals surface area contributed by atoms with E-state index in [1.54, 1.807) is 13.8 Å². The van der Waals surface area contributed by atoms with Gasteiger partial charge in [0.15, 0.2) is 11.9 Å². The number of hydrogen-bond acceptors (Lipinski definition) is 8. The van der Waals surface area contributed by atoms with Crippen LogP contribution in [0.1, 0.15) is 47.9 Å². The minimum absolute atomic E-state index is 0.00281. The van der Waals surface area contributed by atoms with Crippen molar-refractivity contribution >= 4 is 27.6 Å². The van der Waals surface area contributed by atoms with E-state index in [0.29, 0.717) is 12.4 Å². The van der Waals surface area contributed by atoms with Gasteiger partial charge in [0.1, 0.15) is 4.90 Å². The van der Waals surface area contributed by atoms with Gasteiger partial charge in [0.05, 0.1) is 16.7 Å². The van der Waals surface area contributed by atoms with Crippen LogP contribution in [0.2, 0.25) is 5.02 Å². The SMILES string of the molecule is Cc1noc(C(C)OC(=O)c2ccc(Cl)c(S(=O)(=O)NCC3CCCO3)c2)n1. The zero-order chi connectivity index (χ0) is 20.3. The number of sulfonamides is 1. The zero-order valence-corrected chi connectivity index (χ0v) is 16.9. The molecule has 28 heavy (non-hydrogen) atoms. The van der Waals surface area contributed by atoms with E-state index in [2.05, 4.69) is 14.9 Å². The Morgan fingerprint density at radius 1 is 1.46 bits per heavy atom. The molecule has 1 aliphatic heterocycles. The molecule has 0 spiro atoms. The van der Waals surface area contributed by atoms with Crippen LogP contribution in [0.5, 0.6) is 0 Å². The fraction of sp³-hybridized carbons (Fsp3) is 0.471. The van der Waals surface area contributed by atoms with Gasteiger partial charge in [-0.1, -0.05) is 16.8 Å². The number of esters is 1. The topological polar surface area (TPSA) is 121 Å². The van der Waals surface area contributed by atoms with Gasteiger partial charge in [0.2, 0.25) is 10.0 Å². The molecule has 1 N–H and O–H groups in total. The number of ether oxygens (including phenoxy) is 2. The number of carbonyl (C=O) groups excluding carboxylic acids is 1.